The Labute approximate surface area is 136 Å². The van der Waals surface area contributed by atoms with Crippen molar-refractivity contribution in [3.63, 3.8) is 0 Å². The van der Waals surface area contributed by atoms with Crippen LogP contribution < -0.4 is 0 Å². The fraction of sp³-hybridized carbons (Fsp3) is 0.188. The molecule has 8 heteroatoms. The van der Waals surface area contributed by atoms with Gasteiger partial charge in [0, 0.05) is 30.2 Å². The van der Waals surface area contributed by atoms with Crippen LogP contribution in [0.25, 0.3) is 17.2 Å². The second kappa shape index (κ2) is 6.50. The van der Waals surface area contributed by atoms with E-state index in [0.717, 1.165) is 4.80 Å². The van der Waals surface area contributed by atoms with E-state index in [4.69, 9.17) is 5.26 Å². The van der Waals surface area contributed by atoms with Crippen molar-refractivity contribution in [1.82, 2.24) is 25.2 Å². The zero-order valence-corrected chi connectivity index (χ0v) is 12.7. The van der Waals surface area contributed by atoms with E-state index < -0.39 is 11.6 Å². The molecule has 2 heterocycles. The molecule has 0 aliphatic heterocycles. The normalized spacial score (nSPS) is 20.4. The van der Waals surface area contributed by atoms with Crippen LogP contribution in [0.1, 0.15) is 19.8 Å². The Morgan fingerprint density at radius 2 is 2.08 bits per heavy atom. The number of halogens is 2. The van der Waals surface area contributed by atoms with E-state index in [1.165, 1.54) is 24.4 Å². The summed E-state index contributed by atoms with van der Waals surface area (Å²) in [5, 5.41) is 20.8. The molecule has 0 amide bonds. The summed E-state index contributed by atoms with van der Waals surface area (Å²) in [5.74, 6) is -1.02. The summed E-state index contributed by atoms with van der Waals surface area (Å²) >= 11 is 0. The van der Waals surface area contributed by atoms with Crippen LogP contribution in [-0.4, -0.2) is 25.2 Å². The van der Waals surface area contributed by atoms with Crippen molar-refractivity contribution in [2.24, 2.45) is 0 Å². The summed E-state index contributed by atoms with van der Waals surface area (Å²) in [4.78, 5) is 5.03. The molecule has 120 valence electrons. The van der Waals surface area contributed by atoms with E-state index in [9.17, 15) is 8.78 Å². The molecule has 0 aromatic carbocycles. The van der Waals surface area contributed by atoms with Crippen molar-refractivity contribution in [2.75, 3.05) is 0 Å². The predicted octanol–water partition coefficient (Wildman–Crippen LogP) is 3.20. The lowest BCUT2D eigenvalue weighted by atomic mass is 10.0. The van der Waals surface area contributed by atoms with Crippen molar-refractivity contribution < 1.29 is 8.78 Å². The van der Waals surface area contributed by atoms with Gasteiger partial charge in [-0.05, 0) is 30.3 Å². The minimum Gasteiger partial charge on any atom is -0.250 e. The Morgan fingerprint density at radius 3 is 2.83 bits per heavy atom. The summed E-state index contributed by atoms with van der Waals surface area (Å²) in [7, 11) is 0. The van der Waals surface area contributed by atoms with E-state index in [1.807, 2.05) is 6.07 Å². The Hall–Kier alpha value is -3.21. The van der Waals surface area contributed by atoms with Gasteiger partial charge in [0.1, 0.15) is 11.5 Å². The first-order valence-corrected chi connectivity index (χ1v) is 7.16. The molecule has 1 aliphatic rings. The van der Waals surface area contributed by atoms with Gasteiger partial charge < -0.3 is 0 Å². The van der Waals surface area contributed by atoms with Gasteiger partial charge in [0.2, 0.25) is 5.82 Å². The maximum atomic E-state index is 14.2. The van der Waals surface area contributed by atoms with Crippen LogP contribution in [-0.2, 0) is 0 Å². The van der Waals surface area contributed by atoms with Crippen molar-refractivity contribution in [3.05, 3.63) is 53.3 Å². The molecule has 0 saturated carbocycles. The monoisotopic (exact) mass is 326 g/mol. The number of nitrogens with zero attached hydrogens (tertiary/aromatic N) is 6. The lowest BCUT2D eigenvalue weighted by molar-refractivity contribution is 0.623. The van der Waals surface area contributed by atoms with Crippen molar-refractivity contribution in [2.45, 2.75) is 19.8 Å². The molecule has 0 bridgehead atoms. The number of pyridine rings is 1. The number of aromatic nitrogens is 5. The molecule has 0 atom stereocenters. The third-order valence-electron chi connectivity index (χ3n) is 3.60. The van der Waals surface area contributed by atoms with Gasteiger partial charge in [-0.2, -0.15) is 5.26 Å². The number of nitriles is 1. The fourth-order valence-corrected chi connectivity index (χ4v) is 2.24. The third kappa shape index (κ3) is 2.96. The van der Waals surface area contributed by atoms with E-state index >= 15 is 0 Å². The number of rotatable bonds is 2. The van der Waals surface area contributed by atoms with Gasteiger partial charge >= 0.3 is 0 Å². The maximum Gasteiger partial charge on any atom is 0.226 e. The molecule has 0 radical (unpaired) electrons. The molecule has 0 N–H and O–H groups in total. The van der Waals surface area contributed by atoms with Crippen LogP contribution in [0.15, 0.2) is 47.5 Å². The largest absolute Gasteiger partial charge is 0.250 e. The van der Waals surface area contributed by atoms with Gasteiger partial charge in [-0.25, -0.2) is 13.8 Å². The van der Waals surface area contributed by atoms with Gasteiger partial charge in [-0.3, -0.25) is 0 Å². The molecule has 6 nitrogen and oxygen atoms in total. The van der Waals surface area contributed by atoms with Crippen LogP contribution in [0.2, 0.25) is 0 Å². The molecular formula is C16H12F2N6. The minimum atomic E-state index is -0.571. The van der Waals surface area contributed by atoms with Gasteiger partial charge in [0.05, 0.1) is 11.8 Å². The Balaban J connectivity index is 2.04. The minimum absolute atomic E-state index is 0.00401. The molecule has 3 rings (SSSR count). The summed E-state index contributed by atoms with van der Waals surface area (Å²) in [6.45, 7) is 1.59. The molecule has 1 aliphatic carbocycles. The molecular weight excluding hydrogens is 314 g/mol. The first-order chi connectivity index (χ1) is 11.6. The zero-order valence-electron chi connectivity index (χ0n) is 12.7. The van der Waals surface area contributed by atoms with Crippen LogP contribution >= 0.6 is 0 Å². The van der Waals surface area contributed by atoms with Crippen molar-refractivity contribution in [1.29, 1.82) is 5.26 Å². The molecule has 0 fully saturated rings. The lowest BCUT2D eigenvalue weighted by Crippen LogP contribution is -2.06. The number of allylic oxidation sites excluding steroid dienone is 6. The highest BCUT2D eigenvalue weighted by Crippen LogP contribution is 2.26. The predicted molar refractivity (Wildman–Crippen MR) is 82.0 cm³/mol. The van der Waals surface area contributed by atoms with Crippen LogP contribution in [0.5, 0.6) is 0 Å². The molecule has 2 aromatic rings. The topological polar surface area (TPSA) is 80.3 Å². The summed E-state index contributed by atoms with van der Waals surface area (Å²) < 4.78 is 27.9. The van der Waals surface area contributed by atoms with Crippen molar-refractivity contribution >= 4 is 5.70 Å². The summed E-state index contributed by atoms with van der Waals surface area (Å²) in [6, 6.07) is 4.72. The smallest absolute Gasteiger partial charge is 0.226 e. The third-order valence-corrected chi connectivity index (χ3v) is 3.60. The standard InChI is InChI=1S/C16H12F2N6/c1-10-12(17)6-4-11(9-19)5-7-14(10)24-22-16(21-23-24)15-13(18)3-2-8-20-15/h2-3,5-6,8H,4,7H2,1H3/b11-5+,12-6?,14-10+. The number of hydrogen-bond donors (Lipinski definition) is 0. The van der Waals surface area contributed by atoms with Crippen molar-refractivity contribution in [3.8, 4) is 17.6 Å². The van der Waals surface area contributed by atoms with E-state index in [2.05, 4.69) is 20.4 Å². The average molecular weight is 326 g/mol. The molecule has 0 saturated heterocycles. The summed E-state index contributed by atoms with van der Waals surface area (Å²) in [5.41, 5.74) is 1.18. The van der Waals surface area contributed by atoms with E-state index in [0.29, 0.717) is 16.8 Å². The molecule has 0 unspecified atom stereocenters. The first-order valence-electron chi connectivity index (χ1n) is 7.16. The highest BCUT2D eigenvalue weighted by molar-refractivity contribution is 5.58. The summed E-state index contributed by atoms with van der Waals surface area (Å²) in [6.07, 6.45) is 4.94. The molecule has 0 spiro atoms. The molecule has 2 aromatic heterocycles. The maximum absolute atomic E-state index is 14.2. The molecule has 24 heavy (non-hydrogen) atoms. The van der Waals surface area contributed by atoms with E-state index in [-0.39, 0.29) is 24.4 Å². The zero-order chi connectivity index (χ0) is 17.1. The second-order valence-electron chi connectivity index (χ2n) is 5.11. The number of hydrogen-bond acceptors (Lipinski definition) is 5. The SMILES string of the molecule is C/C1=C(\n2nnc(-c3ncccc3F)n2)C/C=C(/C#N)CC=C1F. The highest BCUT2D eigenvalue weighted by Gasteiger charge is 2.17. The second-order valence-corrected chi connectivity index (χ2v) is 5.11. The Morgan fingerprint density at radius 1 is 1.25 bits per heavy atom. The Bertz CT molecular complexity index is 917. The van der Waals surface area contributed by atoms with Crippen LogP contribution in [0.4, 0.5) is 8.78 Å². The van der Waals surface area contributed by atoms with Gasteiger partial charge in [-0.1, -0.05) is 6.08 Å². The van der Waals surface area contributed by atoms with E-state index in [1.54, 1.807) is 13.0 Å². The quantitative estimate of drug-likeness (QED) is 0.846. The van der Waals surface area contributed by atoms with Gasteiger partial charge in [-0.15, -0.1) is 15.0 Å². The number of tetrazole rings is 1. The fourth-order valence-electron chi connectivity index (χ4n) is 2.24. The highest BCUT2D eigenvalue weighted by atomic mass is 19.1. The van der Waals surface area contributed by atoms with Gasteiger partial charge in [0.15, 0.2) is 5.82 Å². The van der Waals surface area contributed by atoms with Gasteiger partial charge in [0.25, 0.3) is 0 Å². The first kappa shape index (κ1) is 15.7. The van der Waals surface area contributed by atoms with Crippen LogP contribution in [0, 0.1) is 17.1 Å². The Kier molecular flexibility index (Phi) is 4.24. The van der Waals surface area contributed by atoms with Crippen LogP contribution in [0.3, 0.4) is 0 Å². The average Bonchev–Trinajstić information content (AvgIpc) is 3.06. The lowest BCUT2D eigenvalue weighted by Gasteiger charge is -2.10.